The summed E-state index contributed by atoms with van der Waals surface area (Å²) in [4.78, 5) is 25.3. The van der Waals surface area contributed by atoms with Crippen molar-refractivity contribution in [3.8, 4) is 11.5 Å². The van der Waals surface area contributed by atoms with Crippen LogP contribution < -0.4 is 20.1 Å². The molecule has 31 heavy (non-hydrogen) atoms. The molecule has 0 radical (unpaired) electrons. The van der Waals surface area contributed by atoms with Gasteiger partial charge in [-0.1, -0.05) is 56.7 Å². The summed E-state index contributed by atoms with van der Waals surface area (Å²) in [5, 5.41) is 5.72. The summed E-state index contributed by atoms with van der Waals surface area (Å²) >= 11 is 0. The maximum absolute atomic E-state index is 13.0. The quantitative estimate of drug-likeness (QED) is 0.667. The van der Waals surface area contributed by atoms with Gasteiger partial charge < -0.3 is 24.8 Å². The van der Waals surface area contributed by atoms with Crippen molar-refractivity contribution in [2.24, 2.45) is 5.92 Å². The van der Waals surface area contributed by atoms with Crippen LogP contribution >= 0.6 is 0 Å². The van der Waals surface area contributed by atoms with Gasteiger partial charge in [-0.25, -0.2) is 4.79 Å². The molecule has 0 aromatic heterocycles. The Morgan fingerprint density at radius 1 is 1.00 bits per heavy atom. The van der Waals surface area contributed by atoms with Crippen LogP contribution in [0.2, 0.25) is 0 Å². The number of carbonyl (C=O) groups is 2. The molecule has 7 nitrogen and oxygen atoms in total. The van der Waals surface area contributed by atoms with E-state index in [9.17, 15) is 9.59 Å². The molecule has 0 saturated heterocycles. The Morgan fingerprint density at radius 2 is 1.71 bits per heavy atom. The van der Waals surface area contributed by atoms with Crippen molar-refractivity contribution in [3.63, 3.8) is 0 Å². The number of nitrogens with one attached hydrogen (secondary N) is 2. The van der Waals surface area contributed by atoms with Crippen LogP contribution in [0.4, 0.5) is 4.79 Å². The van der Waals surface area contributed by atoms with Gasteiger partial charge in [0.1, 0.15) is 25.9 Å². The molecule has 2 aromatic carbocycles. The number of alkyl carbamates (subject to hydrolysis) is 1. The van der Waals surface area contributed by atoms with E-state index >= 15 is 0 Å². The largest absolute Gasteiger partial charge is 0.486 e. The number of rotatable bonds is 8. The topological polar surface area (TPSA) is 85.9 Å². The Hall–Kier alpha value is -3.22. The second-order valence-corrected chi connectivity index (χ2v) is 7.70. The van der Waals surface area contributed by atoms with Gasteiger partial charge in [-0.15, -0.1) is 0 Å². The lowest BCUT2D eigenvalue weighted by Gasteiger charge is -2.26. The van der Waals surface area contributed by atoms with E-state index in [0.717, 1.165) is 17.5 Å². The second-order valence-electron chi connectivity index (χ2n) is 7.70. The molecular weight excluding hydrogens is 396 g/mol. The van der Waals surface area contributed by atoms with E-state index in [4.69, 9.17) is 14.2 Å². The van der Waals surface area contributed by atoms with E-state index < -0.39 is 12.1 Å². The molecule has 1 unspecified atom stereocenters. The first kappa shape index (κ1) is 22.5. The average Bonchev–Trinajstić information content (AvgIpc) is 2.80. The highest BCUT2D eigenvalue weighted by atomic mass is 16.6. The third-order valence-electron chi connectivity index (χ3n) is 5.41. The molecule has 1 aliphatic heterocycles. The molecule has 166 valence electrons. The fourth-order valence-electron chi connectivity index (χ4n) is 3.31. The Labute approximate surface area is 183 Å². The highest BCUT2D eigenvalue weighted by Gasteiger charge is 2.28. The summed E-state index contributed by atoms with van der Waals surface area (Å²) in [5.74, 6) is 1.06. The molecule has 0 aliphatic carbocycles. The lowest BCUT2D eigenvalue weighted by molar-refractivity contribution is -0.124. The SMILES string of the molecule is CC[C@H](C)[C@H](NC(=O)OCc1ccccc1)C(=O)NC(C)c1ccc2c(c1)OCCO2. The molecule has 2 N–H and O–H groups in total. The van der Waals surface area contributed by atoms with E-state index in [1.54, 1.807) is 0 Å². The van der Waals surface area contributed by atoms with Crippen LogP contribution in [0.5, 0.6) is 11.5 Å². The Morgan fingerprint density at radius 3 is 2.42 bits per heavy atom. The minimum atomic E-state index is -0.701. The van der Waals surface area contributed by atoms with Gasteiger partial charge in [-0.05, 0) is 36.1 Å². The van der Waals surface area contributed by atoms with Crippen LogP contribution in [0.1, 0.15) is 44.4 Å². The van der Waals surface area contributed by atoms with Crippen LogP contribution in [-0.4, -0.2) is 31.3 Å². The Kier molecular flexibility index (Phi) is 7.76. The zero-order valence-electron chi connectivity index (χ0n) is 18.2. The predicted molar refractivity (Wildman–Crippen MR) is 117 cm³/mol. The Bertz CT molecular complexity index is 887. The van der Waals surface area contributed by atoms with Crippen LogP contribution in [0.25, 0.3) is 0 Å². The van der Waals surface area contributed by atoms with Gasteiger partial charge in [0, 0.05) is 0 Å². The molecule has 1 aliphatic rings. The van der Waals surface area contributed by atoms with Crippen molar-refractivity contribution in [3.05, 3.63) is 59.7 Å². The van der Waals surface area contributed by atoms with Gasteiger partial charge in [-0.2, -0.15) is 0 Å². The van der Waals surface area contributed by atoms with Crippen molar-refractivity contribution in [1.29, 1.82) is 0 Å². The summed E-state index contributed by atoms with van der Waals surface area (Å²) in [6.07, 6.45) is 0.117. The first-order chi connectivity index (χ1) is 15.0. The van der Waals surface area contributed by atoms with Crippen molar-refractivity contribution in [2.45, 2.75) is 45.9 Å². The first-order valence-electron chi connectivity index (χ1n) is 10.6. The number of fused-ring (bicyclic) bond motifs is 1. The van der Waals surface area contributed by atoms with E-state index in [2.05, 4.69) is 10.6 Å². The predicted octanol–water partition coefficient (Wildman–Crippen LogP) is 3.98. The van der Waals surface area contributed by atoms with Crippen LogP contribution in [0, 0.1) is 5.92 Å². The number of hydrogen-bond donors (Lipinski definition) is 2. The summed E-state index contributed by atoms with van der Waals surface area (Å²) < 4.78 is 16.5. The zero-order chi connectivity index (χ0) is 22.2. The third kappa shape index (κ3) is 6.13. The maximum atomic E-state index is 13.0. The number of amides is 2. The summed E-state index contributed by atoms with van der Waals surface area (Å²) in [6.45, 7) is 6.98. The number of hydrogen-bond acceptors (Lipinski definition) is 5. The van der Waals surface area contributed by atoms with Gasteiger partial charge in [0.05, 0.1) is 6.04 Å². The van der Waals surface area contributed by atoms with E-state index in [1.807, 2.05) is 69.3 Å². The molecular formula is C24H30N2O5. The van der Waals surface area contributed by atoms with Gasteiger partial charge in [0.15, 0.2) is 11.5 Å². The molecule has 0 fully saturated rings. The monoisotopic (exact) mass is 426 g/mol. The molecule has 0 bridgehead atoms. The fourth-order valence-corrected chi connectivity index (χ4v) is 3.31. The minimum Gasteiger partial charge on any atom is -0.486 e. The summed E-state index contributed by atoms with van der Waals surface area (Å²) in [6, 6.07) is 14.1. The Balaban J connectivity index is 1.60. The molecule has 0 saturated carbocycles. The molecule has 3 rings (SSSR count). The summed E-state index contributed by atoms with van der Waals surface area (Å²) in [7, 11) is 0. The van der Waals surface area contributed by atoms with E-state index in [0.29, 0.717) is 24.7 Å². The zero-order valence-corrected chi connectivity index (χ0v) is 18.2. The van der Waals surface area contributed by atoms with Crippen molar-refractivity contribution in [2.75, 3.05) is 13.2 Å². The molecule has 2 amide bonds. The lowest BCUT2D eigenvalue weighted by atomic mass is 9.97. The molecule has 7 heteroatoms. The maximum Gasteiger partial charge on any atom is 0.408 e. The van der Waals surface area contributed by atoms with E-state index in [-0.39, 0.29) is 24.5 Å². The average molecular weight is 427 g/mol. The van der Waals surface area contributed by atoms with Gasteiger partial charge in [0.2, 0.25) is 5.91 Å². The van der Waals surface area contributed by atoms with Gasteiger partial charge >= 0.3 is 6.09 Å². The molecule has 1 heterocycles. The van der Waals surface area contributed by atoms with Crippen molar-refractivity contribution in [1.82, 2.24) is 10.6 Å². The third-order valence-corrected chi connectivity index (χ3v) is 5.41. The van der Waals surface area contributed by atoms with Crippen LogP contribution in [0.3, 0.4) is 0 Å². The van der Waals surface area contributed by atoms with Crippen LogP contribution in [0.15, 0.2) is 48.5 Å². The number of ether oxygens (including phenoxy) is 3. The van der Waals surface area contributed by atoms with Crippen molar-refractivity contribution < 1.29 is 23.8 Å². The molecule has 2 aromatic rings. The fraction of sp³-hybridized carbons (Fsp3) is 0.417. The molecule has 0 spiro atoms. The van der Waals surface area contributed by atoms with Crippen LogP contribution in [-0.2, 0) is 16.1 Å². The standard InChI is InChI=1S/C24H30N2O5/c1-4-16(2)22(26-24(28)31-15-18-8-6-5-7-9-18)23(27)25-17(3)19-10-11-20-21(14-19)30-13-12-29-20/h5-11,14,16-17,22H,4,12-13,15H2,1-3H3,(H,25,27)(H,26,28)/t16-,17?,22-/m0/s1. The number of benzene rings is 2. The second kappa shape index (κ2) is 10.7. The summed E-state index contributed by atoms with van der Waals surface area (Å²) in [5.41, 5.74) is 1.78. The smallest absolute Gasteiger partial charge is 0.408 e. The van der Waals surface area contributed by atoms with Crippen molar-refractivity contribution >= 4 is 12.0 Å². The highest BCUT2D eigenvalue weighted by Crippen LogP contribution is 2.32. The minimum absolute atomic E-state index is 0.0586. The van der Waals surface area contributed by atoms with Gasteiger partial charge in [0.25, 0.3) is 0 Å². The molecule has 3 atom stereocenters. The highest BCUT2D eigenvalue weighted by molar-refractivity contribution is 5.86. The first-order valence-corrected chi connectivity index (χ1v) is 10.6. The van der Waals surface area contributed by atoms with E-state index in [1.165, 1.54) is 0 Å². The number of carbonyl (C=O) groups excluding carboxylic acids is 2. The normalized spacial score (nSPS) is 15.3. The van der Waals surface area contributed by atoms with Gasteiger partial charge in [-0.3, -0.25) is 4.79 Å². The lowest BCUT2D eigenvalue weighted by Crippen LogP contribution is -2.50.